The highest BCUT2D eigenvalue weighted by Crippen LogP contribution is 2.21. The van der Waals surface area contributed by atoms with Gasteiger partial charge < -0.3 is 25.8 Å². The molecule has 1 atom stereocenters. The Bertz CT molecular complexity index is 1010. The van der Waals surface area contributed by atoms with Crippen molar-refractivity contribution in [2.75, 3.05) is 23.8 Å². The number of urea groups is 1. The molecule has 0 saturated heterocycles. The Morgan fingerprint density at radius 1 is 1.03 bits per heavy atom. The number of amides is 3. The van der Waals surface area contributed by atoms with E-state index in [0.717, 1.165) is 5.56 Å². The standard InChI is InChI=1S/C23H24N4O4/c1-16-7-8-18(13-21(16)27-22(29)17-9-11-24-12-10-17)26-23(30)25-14-19(28)15-31-20-5-3-2-4-6-20/h2-13,19,28H,14-15H2,1H3,(H,27,29)(H2,25,26,30)/t19-/m1/s1. The molecule has 1 heterocycles. The number of nitrogens with one attached hydrogen (secondary N) is 3. The van der Waals surface area contributed by atoms with E-state index in [1.54, 1.807) is 54.9 Å². The van der Waals surface area contributed by atoms with Crippen LogP contribution < -0.4 is 20.7 Å². The lowest BCUT2D eigenvalue weighted by Crippen LogP contribution is -2.37. The molecule has 0 bridgehead atoms. The average molecular weight is 420 g/mol. The second-order valence-electron chi connectivity index (χ2n) is 6.83. The molecule has 1 aromatic heterocycles. The molecule has 0 fully saturated rings. The van der Waals surface area contributed by atoms with Crippen molar-refractivity contribution in [1.29, 1.82) is 0 Å². The number of benzene rings is 2. The third kappa shape index (κ3) is 6.83. The quantitative estimate of drug-likeness (QED) is 0.447. The van der Waals surface area contributed by atoms with Crippen molar-refractivity contribution in [2.24, 2.45) is 0 Å². The van der Waals surface area contributed by atoms with E-state index in [2.05, 4.69) is 20.9 Å². The molecular formula is C23H24N4O4. The number of carbonyl (C=O) groups is 2. The van der Waals surface area contributed by atoms with Gasteiger partial charge in [-0.1, -0.05) is 24.3 Å². The largest absolute Gasteiger partial charge is 0.491 e. The van der Waals surface area contributed by atoms with Gasteiger partial charge in [-0.25, -0.2) is 4.79 Å². The fourth-order valence-corrected chi connectivity index (χ4v) is 2.69. The predicted octanol–water partition coefficient (Wildman–Crippen LogP) is 3.20. The minimum absolute atomic E-state index is 0.0240. The van der Waals surface area contributed by atoms with Gasteiger partial charge >= 0.3 is 6.03 Å². The van der Waals surface area contributed by atoms with Crippen LogP contribution in [-0.4, -0.2) is 41.3 Å². The fraction of sp³-hybridized carbons (Fsp3) is 0.174. The van der Waals surface area contributed by atoms with Crippen molar-refractivity contribution in [3.05, 3.63) is 84.2 Å². The van der Waals surface area contributed by atoms with Crippen molar-refractivity contribution in [2.45, 2.75) is 13.0 Å². The first-order valence-electron chi connectivity index (χ1n) is 9.74. The van der Waals surface area contributed by atoms with Gasteiger partial charge in [0, 0.05) is 35.9 Å². The smallest absolute Gasteiger partial charge is 0.319 e. The molecule has 8 nitrogen and oxygen atoms in total. The molecule has 3 aromatic rings. The molecule has 0 unspecified atom stereocenters. The van der Waals surface area contributed by atoms with E-state index in [4.69, 9.17) is 4.74 Å². The monoisotopic (exact) mass is 420 g/mol. The van der Waals surface area contributed by atoms with Crippen LogP contribution in [0.3, 0.4) is 0 Å². The number of ether oxygens (including phenoxy) is 1. The molecule has 3 rings (SSSR count). The highest BCUT2D eigenvalue weighted by Gasteiger charge is 2.11. The SMILES string of the molecule is Cc1ccc(NC(=O)NC[C@@H](O)COc2ccccc2)cc1NC(=O)c1ccncc1. The zero-order chi connectivity index (χ0) is 22.1. The molecule has 2 aromatic carbocycles. The van der Waals surface area contributed by atoms with E-state index in [9.17, 15) is 14.7 Å². The number of aryl methyl sites for hydroxylation is 1. The van der Waals surface area contributed by atoms with Crippen LogP contribution in [0.25, 0.3) is 0 Å². The Labute approximate surface area is 180 Å². The Morgan fingerprint density at radius 3 is 2.52 bits per heavy atom. The van der Waals surface area contributed by atoms with Gasteiger partial charge in [0.2, 0.25) is 0 Å². The lowest BCUT2D eigenvalue weighted by Gasteiger charge is -2.15. The van der Waals surface area contributed by atoms with Gasteiger partial charge in [-0.05, 0) is 48.9 Å². The van der Waals surface area contributed by atoms with E-state index < -0.39 is 12.1 Å². The first-order chi connectivity index (χ1) is 15.0. The third-order valence-corrected chi connectivity index (χ3v) is 4.37. The number of carbonyl (C=O) groups excluding carboxylic acids is 2. The minimum Gasteiger partial charge on any atom is -0.491 e. The number of anilines is 2. The van der Waals surface area contributed by atoms with Crippen molar-refractivity contribution >= 4 is 23.3 Å². The number of aromatic nitrogens is 1. The molecule has 0 aliphatic rings. The Morgan fingerprint density at radius 2 is 1.77 bits per heavy atom. The first kappa shape index (κ1) is 21.8. The lowest BCUT2D eigenvalue weighted by molar-refractivity contribution is 0.102. The summed E-state index contributed by atoms with van der Waals surface area (Å²) in [5.74, 6) is 0.376. The summed E-state index contributed by atoms with van der Waals surface area (Å²) in [7, 11) is 0. The number of aliphatic hydroxyl groups excluding tert-OH is 1. The summed E-state index contributed by atoms with van der Waals surface area (Å²) in [5.41, 5.74) is 2.41. The van der Waals surface area contributed by atoms with Gasteiger partial charge in [0.1, 0.15) is 18.5 Å². The second kappa shape index (κ2) is 10.7. The molecule has 0 saturated carbocycles. The summed E-state index contributed by atoms with van der Waals surface area (Å²) in [6.07, 6.45) is 2.23. The minimum atomic E-state index is -0.862. The van der Waals surface area contributed by atoms with Crippen LogP contribution in [0.5, 0.6) is 5.75 Å². The summed E-state index contributed by atoms with van der Waals surface area (Å²) in [6, 6.07) is 17.1. The Kier molecular flexibility index (Phi) is 7.56. The second-order valence-corrected chi connectivity index (χ2v) is 6.83. The highest BCUT2D eigenvalue weighted by atomic mass is 16.5. The van der Waals surface area contributed by atoms with Gasteiger partial charge in [0.05, 0.1) is 0 Å². The lowest BCUT2D eigenvalue weighted by atomic mass is 10.1. The molecule has 3 amide bonds. The van der Waals surface area contributed by atoms with E-state index in [-0.39, 0.29) is 19.1 Å². The number of nitrogens with zero attached hydrogens (tertiary/aromatic N) is 1. The summed E-state index contributed by atoms with van der Waals surface area (Å²) < 4.78 is 5.45. The van der Waals surface area contributed by atoms with Crippen LogP contribution in [-0.2, 0) is 0 Å². The molecule has 4 N–H and O–H groups in total. The van der Waals surface area contributed by atoms with Gasteiger partial charge in [-0.15, -0.1) is 0 Å². The molecular weight excluding hydrogens is 396 g/mol. The van der Waals surface area contributed by atoms with Crippen LogP contribution in [0.2, 0.25) is 0 Å². The molecule has 160 valence electrons. The zero-order valence-corrected chi connectivity index (χ0v) is 17.0. The van der Waals surface area contributed by atoms with Gasteiger partial charge in [-0.3, -0.25) is 9.78 Å². The van der Waals surface area contributed by atoms with Crippen LogP contribution in [0, 0.1) is 6.92 Å². The van der Waals surface area contributed by atoms with E-state index >= 15 is 0 Å². The molecule has 0 aliphatic heterocycles. The Balaban J connectivity index is 1.49. The number of hydrogen-bond donors (Lipinski definition) is 4. The highest BCUT2D eigenvalue weighted by molar-refractivity contribution is 6.05. The van der Waals surface area contributed by atoms with Gasteiger partial charge in [0.15, 0.2) is 0 Å². The average Bonchev–Trinajstić information content (AvgIpc) is 2.79. The molecule has 0 radical (unpaired) electrons. The summed E-state index contributed by atoms with van der Waals surface area (Å²) in [5, 5.41) is 18.1. The fourth-order valence-electron chi connectivity index (χ4n) is 2.69. The zero-order valence-electron chi connectivity index (χ0n) is 17.0. The van der Waals surface area contributed by atoms with Gasteiger partial charge in [-0.2, -0.15) is 0 Å². The van der Waals surface area contributed by atoms with Crippen LogP contribution in [0.4, 0.5) is 16.2 Å². The van der Waals surface area contributed by atoms with Gasteiger partial charge in [0.25, 0.3) is 5.91 Å². The van der Waals surface area contributed by atoms with Crippen LogP contribution in [0.15, 0.2) is 73.1 Å². The molecule has 0 spiro atoms. The Hall–Kier alpha value is -3.91. The summed E-state index contributed by atoms with van der Waals surface area (Å²) in [6.45, 7) is 1.94. The van der Waals surface area contributed by atoms with Crippen molar-refractivity contribution in [3.63, 3.8) is 0 Å². The predicted molar refractivity (Wildman–Crippen MR) is 118 cm³/mol. The third-order valence-electron chi connectivity index (χ3n) is 4.37. The van der Waals surface area contributed by atoms with Crippen molar-refractivity contribution in [1.82, 2.24) is 10.3 Å². The molecule has 8 heteroatoms. The summed E-state index contributed by atoms with van der Waals surface area (Å²) in [4.78, 5) is 28.4. The molecule has 31 heavy (non-hydrogen) atoms. The molecule has 0 aliphatic carbocycles. The van der Waals surface area contributed by atoms with Crippen LogP contribution in [0.1, 0.15) is 15.9 Å². The van der Waals surface area contributed by atoms with Crippen LogP contribution >= 0.6 is 0 Å². The number of para-hydroxylation sites is 1. The maximum Gasteiger partial charge on any atom is 0.319 e. The summed E-state index contributed by atoms with van der Waals surface area (Å²) >= 11 is 0. The number of aliphatic hydroxyl groups is 1. The van der Waals surface area contributed by atoms with Crippen molar-refractivity contribution in [3.8, 4) is 5.75 Å². The topological polar surface area (TPSA) is 113 Å². The first-order valence-corrected chi connectivity index (χ1v) is 9.74. The maximum atomic E-state index is 12.4. The normalized spacial score (nSPS) is 11.3. The number of rotatable bonds is 8. The maximum absolute atomic E-state index is 12.4. The van der Waals surface area contributed by atoms with E-state index in [1.807, 2.05) is 25.1 Å². The van der Waals surface area contributed by atoms with E-state index in [0.29, 0.717) is 22.7 Å². The number of hydrogen-bond acceptors (Lipinski definition) is 5. The van der Waals surface area contributed by atoms with E-state index in [1.165, 1.54) is 0 Å². The van der Waals surface area contributed by atoms with Crippen molar-refractivity contribution < 1.29 is 19.4 Å². The number of pyridine rings is 1.